The number of phenolic OH excluding ortho intramolecular Hbond substituents is 1. The third-order valence-electron chi connectivity index (χ3n) is 4.33. The van der Waals surface area contributed by atoms with Gasteiger partial charge in [0.05, 0.1) is 19.8 Å². The van der Waals surface area contributed by atoms with Crippen molar-refractivity contribution in [1.82, 2.24) is 0 Å². The fourth-order valence-electron chi connectivity index (χ4n) is 2.96. The summed E-state index contributed by atoms with van der Waals surface area (Å²) < 4.78 is 16.8. The molecule has 25 heavy (non-hydrogen) atoms. The highest BCUT2D eigenvalue weighted by Gasteiger charge is 2.22. The Morgan fingerprint density at radius 3 is 2.60 bits per heavy atom. The summed E-state index contributed by atoms with van der Waals surface area (Å²) in [5.41, 5.74) is 0. The first-order chi connectivity index (χ1) is 12.3. The highest BCUT2D eigenvalue weighted by molar-refractivity contribution is 7.98. The molecule has 5 heteroatoms. The molecule has 1 atom stereocenters. The molecule has 0 bridgehead atoms. The molecule has 1 saturated heterocycles. The van der Waals surface area contributed by atoms with Gasteiger partial charge >= 0.3 is 0 Å². The summed E-state index contributed by atoms with van der Waals surface area (Å²) in [5, 5.41) is 14.2. The molecule has 0 aromatic heterocycles. The van der Waals surface area contributed by atoms with Crippen molar-refractivity contribution in [3.8, 4) is 11.5 Å². The Kier molecular flexibility index (Phi) is 4.70. The summed E-state index contributed by atoms with van der Waals surface area (Å²) in [6.07, 6.45) is 2.29. The highest BCUT2D eigenvalue weighted by atomic mass is 32.2. The minimum atomic E-state index is 0.264. The van der Waals surface area contributed by atoms with Gasteiger partial charge in [-0.05, 0) is 24.5 Å². The van der Waals surface area contributed by atoms with Gasteiger partial charge < -0.3 is 19.3 Å². The first-order valence-corrected chi connectivity index (χ1v) is 9.54. The van der Waals surface area contributed by atoms with E-state index >= 15 is 0 Å². The van der Waals surface area contributed by atoms with Gasteiger partial charge in [-0.3, -0.25) is 0 Å². The van der Waals surface area contributed by atoms with Crippen LogP contribution in [0.3, 0.4) is 0 Å². The predicted octanol–water partition coefficient (Wildman–Crippen LogP) is 4.21. The summed E-state index contributed by atoms with van der Waals surface area (Å²) >= 11 is 1.65. The monoisotopic (exact) mass is 356 g/mol. The predicted molar refractivity (Wildman–Crippen MR) is 101 cm³/mol. The summed E-state index contributed by atoms with van der Waals surface area (Å²) in [6, 6.07) is 13.9. The van der Waals surface area contributed by atoms with Crippen LogP contribution in [0.4, 0.5) is 0 Å². The molecular weight excluding hydrogens is 336 g/mol. The van der Waals surface area contributed by atoms with E-state index in [4.69, 9.17) is 14.2 Å². The topological polar surface area (TPSA) is 51.2 Å². The van der Waals surface area contributed by atoms with E-state index in [9.17, 15) is 5.11 Å². The lowest BCUT2D eigenvalue weighted by molar-refractivity contribution is 0.0887. The maximum absolute atomic E-state index is 10.7. The van der Waals surface area contributed by atoms with Crippen LogP contribution in [0.5, 0.6) is 11.5 Å². The van der Waals surface area contributed by atoms with Crippen LogP contribution < -0.4 is 4.74 Å². The standard InChI is InChI=1S/C20H20O4S/c1-25-14-6-7-17-18(10-14)19(21)15-4-2-3-5-16(15)20(17)23-9-8-22-11-13-12-24-13/h2-7,10,13,21H,8-9,11-12H2,1H3. The van der Waals surface area contributed by atoms with Gasteiger partial charge in [-0.2, -0.15) is 0 Å². The zero-order chi connectivity index (χ0) is 17.2. The van der Waals surface area contributed by atoms with Crippen molar-refractivity contribution in [2.75, 3.05) is 32.7 Å². The molecule has 4 nitrogen and oxygen atoms in total. The Balaban J connectivity index is 1.69. The van der Waals surface area contributed by atoms with Crippen molar-refractivity contribution in [3.05, 3.63) is 42.5 Å². The molecule has 1 aliphatic heterocycles. The van der Waals surface area contributed by atoms with Crippen LogP contribution in [0.25, 0.3) is 21.5 Å². The average Bonchev–Trinajstić information content (AvgIpc) is 3.48. The minimum Gasteiger partial charge on any atom is -0.507 e. The van der Waals surface area contributed by atoms with Crippen LogP contribution in [0.2, 0.25) is 0 Å². The van der Waals surface area contributed by atoms with Crippen LogP contribution in [0.1, 0.15) is 0 Å². The number of epoxide rings is 1. The van der Waals surface area contributed by atoms with Crippen LogP contribution in [-0.2, 0) is 9.47 Å². The Labute approximate surface area is 150 Å². The van der Waals surface area contributed by atoms with Crippen molar-refractivity contribution in [3.63, 3.8) is 0 Å². The van der Waals surface area contributed by atoms with Gasteiger partial charge in [0.2, 0.25) is 0 Å². The van der Waals surface area contributed by atoms with Gasteiger partial charge in [-0.25, -0.2) is 0 Å². The molecule has 130 valence electrons. The van der Waals surface area contributed by atoms with Gasteiger partial charge in [-0.1, -0.05) is 24.3 Å². The van der Waals surface area contributed by atoms with E-state index in [1.165, 1.54) is 0 Å². The molecule has 0 saturated carbocycles. The van der Waals surface area contributed by atoms with E-state index in [1.807, 2.05) is 42.7 Å². The van der Waals surface area contributed by atoms with Gasteiger partial charge in [0, 0.05) is 26.4 Å². The second kappa shape index (κ2) is 7.12. The van der Waals surface area contributed by atoms with Crippen molar-refractivity contribution in [2.24, 2.45) is 0 Å². The summed E-state index contributed by atoms with van der Waals surface area (Å²) in [5.74, 6) is 1.10. The normalized spacial score (nSPS) is 16.4. The van der Waals surface area contributed by atoms with E-state index in [0.717, 1.165) is 38.8 Å². The molecule has 0 spiro atoms. The molecule has 0 aliphatic carbocycles. The van der Waals surface area contributed by atoms with E-state index in [1.54, 1.807) is 11.8 Å². The van der Waals surface area contributed by atoms with E-state index in [-0.39, 0.29) is 6.10 Å². The van der Waals surface area contributed by atoms with Crippen molar-refractivity contribution in [2.45, 2.75) is 11.0 Å². The molecule has 4 rings (SSSR count). The van der Waals surface area contributed by atoms with E-state index in [2.05, 4.69) is 6.07 Å². The SMILES string of the molecule is CSc1ccc2c(OCCOCC3CO3)c3ccccc3c(O)c2c1. The molecule has 1 unspecified atom stereocenters. The van der Waals surface area contributed by atoms with Crippen molar-refractivity contribution in [1.29, 1.82) is 0 Å². The number of benzene rings is 3. The smallest absolute Gasteiger partial charge is 0.135 e. The second-order valence-corrected chi connectivity index (χ2v) is 6.89. The third-order valence-corrected chi connectivity index (χ3v) is 5.06. The maximum atomic E-state index is 10.7. The minimum absolute atomic E-state index is 0.264. The molecule has 3 aromatic rings. The zero-order valence-corrected chi connectivity index (χ0v) is 14.8. The number of hydrogen-bond acceptors (Lipinski definition) is 5. The first-order valence-electron chi connectivity index (χ1n) is 8.31. The quantitative estimate of drug-likeness (QED) is 0.297. The van der Waals surface area contributed by atoms with Crippen LogP contribution in [-0.4, -0.2) is 43.9 Å². The Bertz CT molecular complexity index is 905. The Hall–Kier alpha value is -1.95. The summed E-state index contributed by atoms with van der Waals surface area (Å²) in [4.78, 5) is 1.11. The zero-order valence-electron chi connectivity index (χ0n) is 14.0. The Morgan fingerprint density at radius 2 is 1.84 bits per heavy atom. The van der Waals surface area contributed by atoms with Crippen molar-refractivity contribution >= 4 is 33.3 Å². The van der Waals surface area contributed by atoms with Crippen molar-refractivity contribution < 1.29 is 19.3 Å². The molecule has 1 heterocycles. The molecule has 1 fully saturated rings. The number of hydrogen-bond donors (Lipinski definition) is 1. The third kappa shape index (κ3) is 3.40. The first kappa shape index (κ1) is 16.5. The van der Waals surface area contributed by atoms with Gasteiger partial charge in [0.1, 0.15) is 24.2 Å². The summed E-state index contributed by atoms with van der Waals surface area (Å²) in [6.45, 7) is 2.39. The average molecular weight is 356 g/mol. The summed E-state index contributed by atoms with van der Waals surface area (Å²) in [7, 11) is 0. The molecule has 0 amide bonds. The molecule has 1 aliphatic rings. The van der Waals surface area contributed by atoms with Crippen LogP contribution in [0, 0.1) is 0 Å². The fourth-order valence-corrected chi connectivity index (χ4v) is 3.40. The molecule has 0 radical (unpaired) electrons. The van der Waals surface area contributed by atoms with E-state index < -0.39 is 0 Å². The lowest BCUT2D eigenvalue weighted by Gasteiger charge is -2.15. The number of phenols is 1. The number of aromatic hydroxyl groups is 1. The largest absolute Gasteiger partial charge is 0.507 e. The molecular formula is C20H20O4S. The maximum Gasteiger partial charge on any atom is 0.135 e. The van der Waals surface area contributed by atoms with Gasteiger partial charge in [0.15, 0.2) is 0 Å². The van der Waals surface area contributed by atoms with Crippen LogP contribution in [0.15, 0.2) is 47.4 Å². The van der Waals surface area contributed by atoms with Gasteiger partial charge in [0.25, 0.3) is 0 Å². The number of ether oxygens (including phenoxy) is 3. The number of thioether (sulfide) groups is 1. The molecule has 3 aromatic carbocycles. The second-order valence-electron chi connectivity index (χ2n) is 6.01. The number of rotatable bonds is 7. The number of fused-ring (bicyclic) bond motifs is 2. The molecule has 1 N–H and O–H groups in total. The highest BCUT2D eigenvalue weighted by Crippen LogP contribution is 2.43. The Morgan fingerprint density at radius 1 is 1.08 bits per heavy atom. The van der Waals surface area contributed by atoms with Crippen LogP contribution >= 0.6 is 11.8 Å². The van der Waals surface area contributed by atoms with Gasteiger partial charge in [-0.15, -0.1) is 11.8 Å². The lowest BCUT2D eigenvalue weighted by atomic mass is 10.0. The fraction of sp³-hybridized carbons (Fsp3) is 0.300. The van der Waals surface area contributed by atoms with E-state index in [0.29, 0.717) is 25.6 Å². The lowest BCUT2D eigenvalue weighted by Crippen LogP contribution is -2.10.